The van der Waals surface area contributed by atoms with Gasteiger partial charge >= 0.3 is 11.9 Å². The summed E-state index contributed by atoms with van der Waals surface area (Å²) in [5.74, 6) is -5.44. The molecule has 0 atom stereocenters. The van der Waals surface area contributed by atoms with Crippen LogP contribution >= 0.6 is 45.2 Å². The van der Waals surface area contributed by atoms with Crippen molar-refractivity contribution in [3.8, 4) is 0 Å². The number of nitrogens with one attached hydrogen (secondary N) is 2. The monoisotopic (exact) mass is 1050 g/mol. The Morgan fingerprint density at radius 1 is 0.492 bits per heavy atom. The van der Waals surface area contributed by atoms with Gasteiger partial charge in [0.25, 0.3) is 0 Å². The smallest absolute Gasteiger partial charge is 0.338 e. The quantitative estimate of drug-likeness (QED) is 0.0518. The maximum atomic E-state index is 13.4. The lowest BCUT2D eigenvalue weighted by Gasteiger charge is -2.08. The number of carbonyl (C=O) groups is 4. The lowest BCUT2D eigenvalue weighted by atomic mass is 10.1. The molecule has 11 nitrogen and oxygen atoms in total. The zero-order valence-electron chi connectivity index (χ0n) is 32.8. The first-order chi connectivity index (χ1) is 27.3. The SMILES string of the molecule is CC(=O)Nc1ccc(C(=O)O)c(F)c1C.CC(=O)Nc1ccc(I)c(F)c1C.Cc1c(N)ccc(C(=O)O)c1F.Cc1c(N)ccc(I)c1F.Cc1c(N)cccc1F. The van der Waals surface area contributed by atoms with Crippen molar-refractivity contribution in [2.24, 2.45) is 0 Å². The van der Waals surface area contributed by atoms with E-state index in [0.717, 1.165) is 12.1 Å². The summed E-state index contributed by atoms with van der Waals surface area (Å²) < 4.78 is 66.3. The molecule has 0 aromatic heterocycles. The number of carboxylic acid groups (broad SMARTS) is 2. The van der Waals surface area contributed by atoms with E-state index in [4.69, 9.17) is 27.4 Å². The summed E-state index contributed by atoms with van der Waals surface area (Å²) in [4.78, 5) is 42.5. The molecule has 0 aliphatic rings. The number of rotatable bonds is 4. The van der Waals surface area contributed by atoms with Crippen LogP contribution in [0, 0.1) is 70.8 Å². The minimum atomic E-state index is -1.33. The average Bonchev–Trinajstić information content (AvgIpc) is 3.16. The summed E-state index contributed by atoms with van der Waals surface area (Å²) in [5, 5.41) is 22.1. The number of carboxylic acids is 2. The predicted molar refractivity (Wildman–Crippen MR) is 237 cm³/mol. The topological polar surface area (TPSA) is 211 Å². The van der Waals surface area contributed by atoms with E-state index in [2.05, 4.69) is 10.6 Å². The van der Waals surface area contributed by atoms with Gasteiger partial charge in [-0.25, -0.2) is 31.5 Å². The van der Waals surface area contributed by atoms with Crippen molar-refractivity contribution in [2.45, 2.75) is 48.5 Å². The molecular formula is C41H42F5I2N5O6. The Balaban J connectivity index is 0.000000373. The first-order valence-electron chi connectivity index (χ1n) is 16.8. The Labute approximate surface area is 364 Å². The Kier molecular flexibility index (Phi) is 20.8. The zero-order chi connectivity index (χ0) is 45.5. The number of halogens is 7. The molecule has 59 heavy (non-hydrogen) atoms. The molecular weight excluding hydrogens is 1010 g/mol. The first-order valence-corrected chi connectivity index (χ1v) is 19.0. The minimum Gasteiger partial charge on any atom is -0.478 e. The highest BCUT2D eigenvalue weighted by atomic mass is 127. The van der Waals surface area contributed by atoms with Gasteiger partial charge in [-0.2, -0.15) is 0 Å². The number of nitrogen functional groups attached to an aromatic ring is 3. The van der Waals surface area contributed by atoms with Crippen molar-refractivity contribution < 1.29 is 51.3 Å². The summed E-state index contributed by atoms with van der Waals surface area (Å²) in [7, 11) is 0. The molecule has 2 amide bonds. The predicted octanol–water partition coefficient (Wildman–Crippen LogP) is 9.94. The van der Waals surface area contributed by atoms with Gasteiger partial charge in [0.05, 0.1) is 11.1 Å². The Morgan fingerprint density at radius 3 is 1.24 bits per heavy atom. The van der Waals surface area contributed by atoms with Crippen molar-refractivity contribution in [1.82, 2.24) is 0 Å². The minimum absolute atomic E-state index is 0.116. The summed E-state index contributed by atoms with van der Waals surface area (Å²) >= 11 is 3.85. The van der Waals surface area contributed by atoms with Gasteiger partial charge in [0.15, 0.2) is 0 Å². The summed E-state index contributed by atoms with van der Waals surface area (Å²) in [6.07, 6.45) is 0. The van der Waals surface area contributed by atoms with Gasteiger partial charge < -0.3 is 38.0 Å². The van der Waals surface area contributed by atoms with Crippen molar-refractivity contribution in [1.29, 1.82) is 0 Å². The second-order valence-corrected chi connectivity index (χ2v) is 14.6. The van der Waals surface area contributed by atoms with Crippen LogP contribution in [0.4, 0.5) is 50.4 Å². The van der Waals surface area contributed by atoms with Crippen molar-refractivity contribution in [2.75, 3.05) is 27.8 Å². The average molecular weight is 1050 g/mol. The third-order valence-electron chi connectivity index (χ3n) is 7.93. The molecule has 0 fully saturated rings. The molecule has 10 N–H and O–H groups in total. The molecule has 5 aromatic rings. The molecule has 0 heterocycles. The number of anilines is 5. The van der Waals surface area contributed by atoms with E-state index in [1.165, 1.54) is 45.9 Å². The second kappa shape index (κ2) is 23.8. The van der Waals surface area contributed by atoms with Crippen LogP contribution in [0.3, 0.4) is 0 Å². The Bertz CT molecular complexity index is 2300. The second-order valence-electron chi connectivity index (χ2n) is 12.3. The maximum absolute atomic E-state index is 13.4. The van der Waals surface area contributed by atoms with E-state index in [0.29, 0.717) is 40.9 Å². The molecule has 0 aliphatic carbocycles. The van der Waals surface area contributed by atoms with Crippen LogP contribution in [0.25, 0.3) is 0 Å². The van der Waals surface area contributed by atoms with Crippen LogP contribution in [-0.2, 0) is 9.59 Å². The molecule has 5 rings (SSSR count). The number of carbonyl (C=O) groups excluding carboxylic acids is 2. The van der Waals surface area contributed by atoms with Crippen molar-refractivity contribution >= 4 is 97.4 Å². The molecule has 18 heteroatoms. The van der Waals surface area contributed by atoms with Crippen LogP contribution in [-0.4, -0.2) is 34.0 Å². The normalized spacial score (nSPS) is 9.80. The van der Waals surface area contributed by atoms with E-state index in [1.54, 1.807) is 57.2 Å². The molecule has 0 radical (unpaired) electrons. The van der Waals surface area contributed by atoms with E-state index in [1.807, 2.05) is 45.2 Å². The van der Waals surface area contributed by atoms with E-state index >= 15 is 0 Å². The van der Waals surface area contributed by atoms with Gasteiger partial charge in [0.2, 0.25) is 11.8 Å². The highest BCUT2D eigenvalue weighted by Gasteiger charge is 2.16. The van der Waals surface area contributed by atoms with Gasteiger partial charge in [-0.15, -0.1) is 0 Å². The summed E-state index contributed by atoms with van der Waals surface area (Å²) in [6.45, 7) is 10.5. The largest absolute Gasteiger partial charge is 0.478 e. The number of benzene rings is 5. The number of aromatic carboxylic acids is 2. The summed E-state index contributed by atoms with van der Waals surface area (Å²) in [5.41, 5.74) is 19.4. The standard InChI is InChI=1S/C10H10FNO3.C9H9FINO.C8H8FNO2.C7H7FIN.C7H8FN/c1-5-8(12-6(2)13)4-3-7(9(5)11)10(14)15;1-5-8(12-6(2)13)4-3-7(11)9(5)10;1-4-6(10)3-2-5(7(4)9)8(11)12;1-4-6(10)3-2-5(9)7(4)8;1-5-6(8)3-2-4-7(5)9/h3-4H,1-2H3,(H,12,13)(H,14,15);3-4H,1-2H3,(H,12,13);2-3H,10H2,1H3,(H,11,12);2-3H,10H2,1H3;2-4H,9H2,1H3. The molecule has 0 spiro atoms. The third kappa shape index (κ3) is 15.6. The molecule has 316 valence electrons. The van der Waals surface area contributed by atoms with E-state index < -0.39 is 29.1 Å². The number of hydrogen-bond donors (Lipinski definition) is 7. The van der Waals surface area contributed by atoms with Gasteiger partial charge in [0, 0.05) is 77.2 Å². The third-order valence-corrected chi connectivity index (χ3v) is 9.59. The fourth-order valence-corrected chi connectivity index (χ4v) is 5.48. The summed E-state index contributed by atoms with van der Waals surface area (Å²) in [6, 6.07) is 16.4. The van der Waals surface area contributed by atoms with Crippen LogP contribution in [0.2, 0.25) is 0 Å². The van der Waals surface area contributed by atoms with Crippen LogP contribution in [0.1, 0.15) is 62.4 Å². The lowest BCUT2D eigenvalue weighted by Crippen LogP contribution is -2.10. The van der Waals surface area contributed by atoms with Crippen LogP contribution in [0.5, 0.6) is 0 Å². The molecule has 0 unspecified atom stereocenters. The molecule has 0 aliphatic heterocycles. The molecule has 0 bridgehead atoms. The Hall–Kier alpha value is -5.51. The zero-order valence-corrected chi connectivity index (χ0v) is 37.1. The maximum Gasteiger partial charge on any atom is 0.338 e. The van der Waals surface area contributed by atoms with Gasteiger partial charge in [-0.05, 0) is 140 Å². The van der Waals surface area contributed by atoms with Gasteiger partial charge in [-0.1, -0.05) is 6.07 Å². The fraction of sp³-hybridized carbons (Fsp3) is 0.171. The number of amides is 2. The van der Waals surface area contributed by atoms with Crippen molar-refractivity contribution in [3.63, 3.8) is 0 Å². The van der Waals surface area contributed by atoms with E-state index in [-0.39, 0.29) is 57.3 Å². The van der Waals surface area contributed by atoms with Crippen LogP contribution in [0.15, 0.2) is 66.7 Å². The molecule has 0 saturated heterocycles. The fourth-order valence-electron chi connectivity index (χ4n) is 4.31. The number of nitrogens with two attached hydrogens (primary N) is 3. The highest BCUT2D eigenvalue weighted by molar-refractivity contribution is 14.1. The highest BCUT2D eigenvalue weighted by Crippen LogP contribution is 2.24. The van der Waals surface area contributed by atoms with Crippen molar-refractivity contribution in [3.05, 3.63) is 142 Å². The Morgan fingerprint density at radius 2 is 0.831 bits per heavy atom. The molecule has 5 aromatic carbocycles. The van der Waals surface area contributed by atoms with E-state index in [9.17, 15) is 41.1 Å². The first kappa shape index (κ1) is 51.5. The number of hydrogen-bond acceptors (Lipinski definition) is 7. The van der Waals surface area contributed by atoms with Gasteiger partial charge in [0.1, 0.15) is 29.1 Å². The van der Waals surface area contributed by atoms with Gasteiger partial charge in [-0.3, -0.25) is 9.59 Å². The lowest BCUT2D eigenvalue weighted by molar-refractivity contribution is -0.115. The molecule has 0 saturated carbocycles. The van der Waals surface area contributed by atoms with Crippen LogP contribution < -0.4 is 27.8 Å².